The van der Waals surface area contributed by atoms with Crippen molar-refractivity contribution >= 4 is 44.4 Å². The molecule has 0 saturated carbocycles. The molecule has 3 aromatic rings. The molecule has 0 spiro atoms. The van der Waals surface area contributed by atoms with Gasteiger partial charge < -0.3 is 15.0 Å². The van der Waals surface area contributed by atoms with E-state index in [1.165, 1.54) is 12.1 Å². The lowest BCUT2D eigenvalue weighted by atomic mass is 10.3. The summed E-state index contributed by atoms with van der Waals surface area (Å²) in [4.78, 5) is 22.5. The smallest absolute Gasteiger partial charge is 0.220 e. The highest BCUT2D eigenvalue weighted by atomic mass is 32.2. The van der Waals surface area contributed by atoms with Crippen LogP contribution in [0.2, 0.25) is 0 Å². The summed E-state index contributed by atoms with van der Waals surface area (Å²) < 4.78 is 19.5. The zero-order chi connectivity index (χ0) is 22.3. The zero-order valence-electron chi connectivity index (χ0n) is 18.1. The fourth-order valence-electron chi connectivity index (χ4n) is 3.61. The van der Waals surface area contributed by atoms with Crippen molar-refractivity contribution in [2.24, 2.45) is 0 Å². The first-order valence-electron chi connectivity index (χ1n) is 10.7. The van der Waals surface area contributed by atoms with Gasteiger partial charge in [0.25, 0.3) is 0 Å². The molecule has 1 aliphatic heterocycles. The number of piperazine rings is 1. The molecule has 1 fully saturated rings. The Bertz CT molecular complexity index is 1040. The van der Waals surface area contributed by atoms with Crippen LogP contribution in [0.5, 0.6) is 5.75 Å². The van der Waals surface area contributed by atoms with E-state index in [4.69, 9.17) is 9.72 Å². The Morgan fingerprint density at radius 1 is 1.19 bits per heavy atom. The monoisotopic (exact) mass is 474 g/mol. The number of thiazole rings is 1. The number of carbonyl (C=O) groups is 1. The van der Waals surface area contributed by atoms with Crippen LogP contribution in [0.4, 0.5) is 9.52 Å². The van der Waals surface area contributed by atoms with Crippen LogP contribution in [0, 0.1) is 5.82 Å². The van der Waals surface area contributed by atoms with E-state index in [0.717, 1.165) is 58.7 Å². The number of hydrogen-bond donors (Lipinski definition) is 1. The van der Waals surface area contributed by atoms with Crippen LogP contribution in [-0.4, -0.2) is 67.9 Å². The standard InChI is InChI=1S/C23H27FN4O2S2/c1-30-19-3-2-4-20-22(19)26-23(32-20)28-14-12-27(13-15-28)11-10-25-21(29)9-16-31-18-7-5-17(24)6-8-18/h2-8H,9-16H2,1H3,(H,25,29). The number of benzene rings is 2. The number of anilines is 1. The number of carbonyl (C=O) groups excluding carboxylic acids is 1. The van der Waals surface area contributed by atoms with Gasteiger partial charge in [-0.15, -0.1) is 11.8 Å². The number of ether oxygens (including phenoxy) is 1. The summed E-state index contributed by atoms with van der Waals surface area (Å²) in [5, 5.41) is 4.04. The molecule has 170 valence electrons. The minimum Gasteiger partial charge on any atom is -0.494 e. The van der Waals surface area contributed by atoms with Crippen molar-refractivity contribution in [3.8, 4) is 5.75 Å². The maximum Gasteiger partial charge on any atom is 0.220 e. The van der Waals surface area contributed by atoms with E-state index in [9.17, 15) is 9.18 Å². The molecule has 2 aromatic carbocycles. The summed E-state index contributed by atoms with van der Waals surface area (Å²) in [7, 11) is 1.68. The Morgan fingerprint density at radius 2 is 1.97 bits per heavy atom. The number of halogens is 1. The summed E-state index contributed by atoms with van der Waals surface area (Å²) in [6.45, 7) is 5.23. The highest BCUT2D eigenvalue weighted by Crippen LogP contribution is 2.34. The normalized spacial score (nSPS) is 14.6. The van der Waals surface area contributed by atoms with Crippen molar-refractivity contribution in [1.82, 2.24) is 15.2 Å². The average molecular weight is 475 g/mol. The van der Waals surface area contributed by atoms with E-state index in [-0.39, 0.29) is 11.7 Å². The molecule has 0 aliphatic carbocycles. The maximum absolute atomic E-state index is 12.9. The largest absolute Gasteiger partial charge is 0.494 e. The van der Waals surface area contributed by atoms with E-state index >= 15 is 0 Å². The first-order valence-corrected chi connectivity index (χ1v) is 12.5. The van der Waals surface area contributed by atoms with E-state index in [2.05, 4.69) is 21.2 Å². The Labute approximate surface area is 195 Å². The second-order valence-electron chi connectivity index (χ2n) is 7.53. The molecule has 0 bridgehead atoms. The van der Waals surface area contributed by atoms with E-state index in [1.54, 1.807) is 42.3 Å². The zero-order valence-corrected chi connectivity index (χ0v) is 19.7. The van der Waals surface area contributed by atoms with Gasteiger partial charge >= 0.3 is 0 Å². The molecule has 0 atom stereocenters. The third-order valence-electron chi connectivity index (χ3n) is 5.40. The average Bonchev–Trinajstić information content (AvgIpc) is 3.25. The number of fused-ring (bicyclic) bond motifs is 1. The lowest BCUT2D eigenvalue weighted by Crippen LogP contribution is -2.48. The number of aromatic nitrogens is 1. The molecule has 9 heteroatoms. The third kappa shape index (κ3) is 5.90. The Hall–Kier alpha value is -2.36. The fraction of sp³-hybridized carbons (Fsp3) is 0.391. The predicted octanol–water partition coefficient (Wildman–Crippen LogP) is 3.86. The number of rotatable bonds is 9. The molecule has 32 heavy (non-hydrogen) atoms. The SMILES string of the molecule is COc1cccc2sc(N3CCN(CCNC(=O)CCSc4ccc(F)cc4)CC3)nc12. The van der Waals surface area contributed by atoms with Crippen LogP contribution < -0.4 is 15.0 Å². The van der Waals surface area contributed by atoms with Crippen molar-refractivity contribution in [1.29, 1.82) is 0 Å². The second-order valence-corrected chi connectivity index (χ2v) is 9.71. The van der Waals surface area contributed by atoms with Gasteiger partial charge in [-0.3, -0.25) is 9.69 Å². The molecule has 1 aliphatic rings. The molecular weight excluding hydrogens is 447 g/mol. The molecule has 1 N–H and O–H groups in total. The van der Waals surface area contributed by atoms with Gasteiger partial charge in [-0.2, -0.15) is 0 Å². The Balaban J connectivity index is 1.15. The van der Waals surface area contributed by atoms with Gasteiger partial charge in [0.05, 0.1) is 11.8 Å². The number of hydrogen-bond acceptors (Lipinski definition) is 7. The second kappa shape index (κ2) is 11.0. The summed E-state index contributed by atoms with van der Waals surface area (Å²) in [5.74, 6) is 1.31. The van der Waals surface area contributed by atoms with E-state index in [0.29, 0.717) is 18.7 Å². The number of para-hydroxylation sites is 1. The molecular formula is C23H27FN4O2S2. The predicted molar refractivity (Wildman–Crippen MR) is 130 cm³/mol. The highest BCUT2D eigenvalue weighted by Gasteiger charge is 2.20. The number of nitrogens with one attached hydrogen (secondary N) is 1. The van der Waals surface area contributed by atoms with E-state index in [1.807, 2.05) is 12.1 Å². The van der Waals surface area contributed by atoms with Gasteiger partial charge in [0.15, 0.2) is 5.13 Å². The number of amides is 1. The molecule has 2 heterocycles. The Kier molecular flexibility index (Phi) is 7.83. The van der Waals surface area contributed by atoms with Crippen molar-refractivity contribution in [3.63, 3.8) is 0 Å². The topological polar surface area (TPSA) is 57.7 Å². The number of methoxy groups -OCH3 is 1. The summed E-state index contributed by atoms with van der Waals surface area (Å²) in [6.07, 6.45) is 0.455. The highest BCUT2D eigenvalue weighted by molar-refractivity contribution is 7.99. The first-order chi connectivity index (χ1) is 15.6. The Morgan fingerprint density at radius 3 is 2.72 bits per heavy atom. The fourth-order valence-corrected chi connectivity index (χ4v) is 5.50. The lowest BCUT2D eigenvalue weighted by Gasteiger charge is -2.34. The van der Waals surface area contributed by atoms with Crippen LogP contribution >= 0.6 is 23.1 Å². The van der Waals surface area contributed by atoms with Gasteiger partial charge in [-0.05, 0) is 36.4 Å². The summed E-state index contributed by atoms with van der Waals surface area (Å²) in [6, 6.07) is 12.4. The van der Waals surface area contributed by atoms with Crippen molar-refractivity contribution in [2.45, 2.75) is 11.3 Å². The van der Waals surface area contributed by atoms with Crippen LogP contribution in [-0.2, 0) is 4.79 Å². The summed E-state index contributed by atoms with van der Waals surface area (Å²) in [5.41, 5.74) is 0.928. The van der Waals surface area contributed by atoms with Crippen LogP contribution in [0.1, 0.15) is 6.42 Å². The van der Waals surface area contributed by atoms with Gasteiger partial charge in [0.1, 0.15) is 17.1 Å². The van der Waals surface area contributed by atoms with Crippen molar-refractivity contribution in [3.05, 3.63) is 48.3 Å². The maximum atomic E-state index is 12.9. The van der Waals surface area contributed by atoms with Crippen molar-refractivity contribution < 1.29 is 13.9 Å². The molecule has 0 unspecified atom stereocenters. The summed E-state index contributed by atoms with van der Waals surface area (Å²) >= 11 is 3.27. The minimum atomic E-state index is -0.242. The molecule has 4 rings (SSSR count). The third-order valence-corrected chi connectivity index (χ3v) is 7.49. The molecule has 1 saturated heterocycles. The minimum absolute atomic E-state index is 0.0571. The van der Waals surface area contributed by atoms with Crippen LogP contribution in [0.25, 0.3) is 10.2 Å². The number of thioether (sulfide) groups is 1. The van der Waals surface area contributed by atoms with Crippen LogP contribution in [0.15, 0.2) is 47.4 Å². The van der Waals surface area contributed by atoms with Crippen LogP contribution in [0.3, 0.4) is 0 Å². The van der Waals surface area contributed by atoms with E-state index < -0.39 is 0 Å². The molecule has 0 radical (unpaired) electrons. The van der Waals surface area contributed by atoms with Gasteiger partial charge in [-0.25, -0.2) is 9.37 Å². The molecule has 6 nitrogen and oxygen atoms in total. The van der Waals surface area contributed by atoms with Gasteiger partial charge in [0, 0.05) is 56.3 Å². The molecule has 1 amide bonds. The first kappa shape index (κ1) is 22.8. The number of nitrogens with zero attached hydrogens (tertiary/aromatic N) is 3. The van der Waals surface area contributed by atoms with Gasteiger partial charge in [0.2, 0.25) is 5.91 Å². The van der Waals surface area contributed by atoms with Gasteiger partial charge in [-0.1, -0.05) is 17.4 Å². The molecule has 1 aromatic heterocycles. The van der Waals surface area contributed by atoms with Crippen molar-refractivity contribution in [2.75, 3.05) is 57.0 Å². The quantitative estimate of drug-likeness (QED) is 0.475. The lowest BCUT2D eigenvalue weighted by molar-refractivity contribution is -0.120.